The van der Waals surface area contributed by atoms with Crippen molar-refractivity contribution in [2.45, 2.75) is 31.6 Å². The molecule has 0 N–H and O–H groups in total. The molecule has 0 aromatic heterocycles. The molecule has 0 bridgehead atoms. The molecule has 4 atom stereocenters. The Hall–Kier alpha value is -0.650. The van der Waals surface area contributed by atoms with Gasteiger partial charge in [-0.15, -0.1) is 0 Å². The van der Waals surface area contributed by atoms with Crippen LogP contribution in [-0.4, -0.2) is 73.9 Å². The van der Waals surface area contributed by atoms with Gasteiger partial charge >= 0.3 is 0 Å². The number of ether oxygens (including phenoxy) is 2. The molecule has 0 aliphatic carbocycles. The van der Waals surface area contributed by atoms with Crippen LogP contribution in [0.25, 0.3) is 0 Å². The van der Waals surface area contributed by atoms with Gasteiger partial charge in [0.05, 0.1) is 30.8 Å². The third-order valence-corrected chi connectivity index (χ3v) is 4.58. The first-order valence-corrected chi connectivity index (χ1v) is 6.89. The second-order valence-electron chi connectivity index (χ2n) is 5.67. The third kappa shape index (κ3) is 2.04. The summed E-state index contributed by atoms with van der Waals surface area (Å²) in [7, 11) is 2.12. The SMILES string of the molecule is CC1OCCC1C(=O)N1C[C@H]2OCCN(C)[C@H]2C1. The standard InChI is InChI=1S/C13H22N2O3/c1-9-10(3-5-17-9)13(16)15-7-11-12(8-15)18-6-4-14(11)2/h9-12H,3-8H2,1-2H3/t9?,10?,11-,12+/m0/s1. The molecule has 5 heteroatoms. The second-order valence-corrected chi connectivity index (χ2v) is 5.67. The predicted molar refractivity (Wildman–Crippen MR) is 66.3 cm³/mol. The molecule has 3 saturated heterocycles. The van der Waals surface area contributed by atoms with Crippen molar-refractivity contribution in [3.63, 3.8) is 0 Å². The normalized spacial score (nSPS) is 41.1. The van der Waals surface area contributed by atoms with Crippen molar-refractivity contribution < 1.29 is 14.3 Å². The lowest BCUT2D eigenvalue weighted by atomic mass is 10.0. The first kappa shape index (κ1) is 12.4. The highest BCUT2D eigenvalue weighted by Crippen LogP contribution is 2.27. The quantitative estimate of drug-likeness (QED) is 0.658. The van der Waals surface area contributed by atoms with Crippen LogP contribution >= 0.6 is 0 Å². The van der Waals surface area contributed by atoms with Gasteiger partial charge in [0.25, 0.3) is 0 Å². The van der Waals surface area contributed by atoms with Gasteiger partial charge in [0.15, 0.2) is 0 Å². The van der Waals surface area contributed by atoms with E-state index in [0.717, 1.165) is 32.7 Å². The van der Waals surface area contributed by atoms with Crippen LogP contribution in [0.2, 0.25) is 0 Å². The Morgan fingerprint density at radius 1 is 1.22 bits per heavy atom. The summed E-state index contributed by atoms with van der Waals surface area (Å²) in [6.07, 6.45) is 1.13. The minimum absolute atomic E-state index is 0.0514. The van der Waals surface area contributed by atoms with Gasteiger partial charge in [0.2, 0.25) is 5.91 Å². The summed E-state index contributed by atoms with van der Waals surface area (Å²) in [6, 6.07) is 0.375. The molecule has 3 aliphatic heterocycles. The zero-order valence-electron chi connectivity index (χ0n) is 11.2. The van der Waals surface area contributed by atoms with Crippen LogP contribution in [0, 0.1) is 5.92 Å². The molecule has 0 saturated carbocycles. The van der Waals surface area contributed by atoms with Crippen LogP contribution in [0.3, 0.4) is 0 Å². The van der Waals surface area contributed by atoms with Gasteiger partial charge < -0.3 is 14.4 Å². The van der Waals surface area contributed by atoms with Crippen molar-refractivity contribution in [3.8, 4) is 0 Å². The zero-order valence-corrected chi connectivity index (χ0v) is 11.2. The number of rotatable bonds is 1. The Morgan fingerprint density at radius 2 is 2.06 bits per heavy atom. The number of likely N-dealkylation sites (tertiary alicyclic amines) is 1. The molecule has 5 nitrogen and oxygen atoms in total. The van der Waals surface area contributed by atoms with Crippen LogP contribution in [0.4, 0.5) is 0 Å². The predicted octanol–water partition coefficient (Wildman–Crippen LogP) is -0.0472. The molecule has 102 valence electrons. The number of morpholine rings is 1. The van der Waals surface area contributed by atoms with Gasteiger partial charge in [-0.1, -0.05) is 0 Å². The average molecular weight is 254 g/mol. The molecule has 3 aliphatic rings. The molecule has 1 amide bonds. The Kier molecular flexibility index (Phi) is 3.30. The summed E-state index contributed by atoms with van der Waals surface area (Å²) >= 11 is 0. The number of amides is 1. The van der Waals surface area contributed by atoms with E-state index in [1.54, 1.807) is 0 Å². The van der Waals surface area contributed by atoms with E-state index in [-0.39, 0.29) is 24.0 Å². The number of carbonyl (C=O) groups is 1. The minimum Gasteiger partial charge on any atom is -0.378 e. The molecular formula is C13H22N2O3. The first-order valence-electron chi connectivity index (χ1n) is 6.89. The Labute approximate surface area is 108 Å². The second kappa shape index (κ2) is 4.79. The van der Waals surface area contributed by atoms with Gasteiger partial charge in [-0.25, -0.2) is 0 Å². The lowest BCUT2D eigenvalue weighted by molar-refractivity contribution is -0.136. The highest BCUT2D eigenvalue weighted by molar-refractivity contribution is 5.80. The summed E-state index contributed by atoms with van der Waals surface area (Å²) in [4.78, 5) is 16.8. The third-order valence-electron chi connectivity index (χ3n) is 4.58. The Morgan fingerprint density at radius 3 is 2.72 bits per heavy atom. The van der Waals surface area contributed by atoms with E-state index in [1.807, 2.05) is 11.8 Å². The lowest BCUT2D eigenvalue weighted by Gasteiger charge is -2.33. The number of hydrogen-bond acceptors (Lipinski definition) is 4. The van der Waals surface area contributed by atoms with E-state index < -0.39 is 0 Å². The molecule has 3 heterocycles. The summed E-state index contributed by atoms with van der Waals surface area (Å²) in [5, 5.41) is 0. The summed E-state index contributed by atoms with van der Waals surface area (Å²) in [5.74, 6) is 0.307. The smallest absolute Gasteiger partial charge is 0.228 e. The van der Waals surface area contributed by atoms with E-state index in [2.05, 4.69) is 11.9 Å². The molecule has 0 radical (unpaired) electrons. The van der Waals surface area contributed by atoms with Crippen molar-refractivity contribution in [2.24, 2.45) is 5.92 Å². The van der Waals surface area contributed by atoms with E-state index in [0.29, 0.717) is 12.6 Å². The number of likely N-dealkylation sites (N-methyl/N-ethyl adjacent to an activating group) is 1. The van der Waals surface area contributed by atoms with E-state index >= 15 is 0 Å². The summed E-state index contributed by atoms with van der Waals surface area (Å²) < 4.78 is 11.3. The maximum atomic E-state index is 12.5. The Balaban J connectivity index is 1.66. The van der Waals surface area contributed by atoms with E-state index in [4.69, 9.17) is 9.47 Å². The van der Waals surface area contributed by atoms with Crippen molar-refractivity contribution in [1.29, 1.82) is 0 Å². The van der Waals surface area contributed by atoms with Gasteiger partial charge in [0, 0.05) is 26.2 Å². The van der Waals surface area contributed by atoms with Crippen LogP contribution in [0.5, 0.6) is 0 Å². The van der Waals surface area contributed by atoms with Crippen LogP contribution in [0.1, 0.15) is 13.3 Å². The maximum Gasteiger partial charge on any atom is 0.228 e. The van der Waals surface area contributed by atoms with E-state index in [9.17, 15) is 4.79 Å². The minimum atomic E-state index is 0.0514. The molecule has 3 fully saturated rings. The number of nitrogens with zero attached hydrogens (tertiary/aromatic N) is 2. The first-order chi connectivity index (χ1) is 8.66. The fourth-order valence-corrected chi connectivity index (χ4v) is 3.33. The molecule has 0 aromatic rings. The van der Waals surface area contributed by atoms with Gasteiger partial charge in [-0.3, -0.25) is 9.69 Å². The Bertz CT molecular complexity index is 336. The number of fused-ring (bicyclic) bond motifs is 1. The maximum absolute atomic E-state index is 12.5. The monoisotopic (exact) mass is 254 g/mol. The fraction of sp³-hybridized carbons (Fsp3) is 0.923. The van der Waals surface area contributed by atoms with Gasteiger partial charge in [-0.2, -0.15) is 0 Å². The highest BCUT2D eigenvalue weighted by Gasteiger charge is 2.43. The fourth-order valence-electron chi connectivity index (χ4n) is 3.33. The topological polar surface area (TPSA) is 42.0 Å². The summed E-state index contributed by atoms with van der Waals surface area (Å²) in [6.45, 7) is 6.02. The molecule has 3 rings (SSSR count). The van der Waals surface area contributed by atoms with E-state index in [1.165, 1.54) is 0 Å². The summed E-state index contributed by atoms with van der Waals surface area (Å²) in [5.41, 5.74) is 0. The number of carbonyl (C=O) groups excluding carboxylic acids is 1. The average Bonchev–Trinajstić information content (AvgIpc) is 2.95. The van der Waals surface area contributed by atoms with Crippen LogP contribution in [-0.2, 0) is 14.3 Å². The van der Waals surface area contributed by atoms with Crippen molar-refractivity contribution >= 4 is 5.91 Å². The van der Waals surface area contributed by atoms with Gasteiger partial charge in [-0.05, 0) is 20.4 Å². The van der Waals surface area contributed by atoms with Crippen LogP contribution < -0.4 is 0 Å². The van der Waals surface area contributed by atoms with Gasteiger partial charge in [0.1, 0.15) is 0 Å². The van der Waals surface area contributed by atoms with Crippen molar-refractivity contribution in [1.82, 2.24) is 9.80 Å². The number of hydrogen-bond donors (Lipinski definition) is 0. The lowest BCUT2D eigenvalue weighted by Crippen LogP contribution is -2.48. The molecular weight excluding hydrogens is 232 g/mol. The molecule has 18 heavy (non-hydrogen) atoms. The highest BCUT2D eigenvalue weighted by atomic mass is 16.5. The zero-order chi connectivity index (χ0) is 12.7. The van der Waals surface area contributed by atoms with Crippen molar-refractivity contribution in [2.75, 3.05) is 39.9 Å². The molecule has 2 unspecified atom stereocenters. The van der Waals surface area contributed by atoms with Crippen molar-refractivity contribution in [3.05, 3.63) is 0 Å². The van der Waals surface area contributed by atoms with Crippen LogP contribution in [0.15, 0.2) is 0 Å². The molecule has 0 spiro atoms. The molecule has 0 aromatic carbocycles. The largest absolute Gasteiger partial charge is 0.378 e.